The van der Waals surface area contributed by atoms with Gasteiger partial charge in [-0.15, -0.1) is 0 Å². The van der Waals surface area contributed by atoms with E-state index in [-0.39, 0.29) is 11.6 Å². The normalized spacial score (nSPS) is 13.1. The number of benzene rings is 1. The molecule has 0 spiro atoms. The van der Waals surface area contributed by atoms with Crippen LogP contribution in [0.4, 0.5) is 23.2 Å². The van der Waals surface area contributed by atoms with Crippen LogP contribution in [0.25, 0.3) is 22.4 Å². The van der Waals surface area contributed by atoms with Gasteiger partial charge in [0, 0.05) is 35.1 Å². The molecular formula is C23H27F4N3. The summed E-state index contributed by atoms with van der Waals surface area (Å²) in [6.07, 6.45) is -0.161. The molecule has 7 heteroatoms. The molecule has 0 unspecified atom stereocenters. The lowest BCUT2D eigenvalue weighted by molar-refractivity contribution is -0.0688. The van der Waals surface area contributed by atoms with Crippen LogP contribution in [-0.4, -0.2) is 36.7 Å². The van der Waals surface area contributed by atoms with Gasteiger partial charge in [0.1, 0.15) is 6.33 Å². The van der Waals surface area contributed by atoms with Gasteiger partial charge in [0.05, 0.1) is 17.0 Å². The molecule has 0 saturated heterocycles. The van der Waals surface area contributed by atoms with Crippen molar-refractivity contribution in [2.24, 2.45) is 5.92 Å². The van der Waals surface area contributed by atoms with E-state index in [0.717, 1.165) is 0 Å². The minimum Gasteiger partial charge on any atom is -0.356 e. The van der Waals surface area contributed by atoms with E-state index in [9.17, 15) is 17.6 Å². The van der Waals surface area contributed by atoms with E-state index in [1.807, 2.05) is 38.9 Å². The molecule has 0 aliphatic carbocycles. The number of nitrogens with zero attached hydrogens (tertiary/aromatic N) is 2. The number of pyridine rings is 1. The number of hydrogen-bond acceptors (Lipinski definition) is 3. The second kappa shape index (κ2) is 9.89. The highest BCUT2D eigenvalue weighted by atomic mass is 19.4. The Kier molecular flexibility index (Phi) is 7.78. The molecule has 1 aromatic heterocycles. The second-order valence-corrected chi connectivity index (χ2v) is 7.69. The van der Waals surface area contributed by atoms with E-state index in [2.05, 4.69) is 16.9 Å². The summed E-state index contributed by atoms with van der Waals surface area (Å²) in [5.74, 6) is 0.206. The smallest absolute Gasteiger partial charge is 0.356 e. The number of aromatic nitrogens is 1. The van der Waals surface area contributed by atoms with Crippen molar-refractivity contribution in [3.63, 3.8) is 0 Å². The highest BCUT2D eigenvalue weighted by Crippen LogP contribution is 2.37. The van der Waals surface area contributed by atoms with Crippen molar-refractivity contribution in [3.8, 4) is 0 Å². The zero-order chi connectivity index (χ0) is 22.5. The quantitative estimate of drug-likeness (QED) is 0.484. The number of rotatable bonds is 8. The standard InChI is InChI=1S/C23H27F4N3/c1-15(2)9-10-17-13-20-19(22(29-17)16(3)23(25,26)27)7-6-8-21(20)28-18(14-24)11-12-30(4)5/h6-10,13-15,28H,3,11-12H2,1-2,4-5H3/b10-9+,18-14-. The fraction of sp³-hybridized carbons (Fsp3) is 0.348. The predicted octanol–water partition coefficient (Wildman–Crippen LogP) is 6.65. The van der Waals surface area contributed by atoms with E-state index >= 15 is 0 Å². The van der Waals surface area contributed by atoms with Crippen LogP contribution in [0.5, 0.6) is 0 Å². The Hall–Kier alpha value is -2.67. The maximum Gasteiger partial charge on any atom is 0.417 e. The molecule has 0 amide bonds. The Morgan fingerprint density at radius 1 is 1.23 bits per heavy atom. The van der Waals surface area contributed by atoms with Crippen LogP contribution >= 0.6 is 0 Å². The summed E-state index contributed by atoms with van der Waals surface area (Å²) in [4.78, 5) is 6.12. The van der Waals surface area contributed by atoms with Crippen molar-refractivity contribution >= 4 is 28.1 Å². The third-order valence-corrected chi connectivity index (χ3v) is 4.43. The van der Waals surface area contributed by atoms with Crippen LogP contribution in [0.3, 0.4) is 0 Å². The Labute approximate surface area is 174 Å². The monoisotopic (exact) mass is 421 g/mol. The number of anilines is 1. The third-order valence-electron chi connectivity index (χ3n) is 4.43. The van der Waals surface area contributed by atoms with Crippen LogP contribution in [0.2, 0.25) is 0 Å². The first kappa shape index (κ1) is 23.6. The Balaban J connectivity index is 2.62. The zero-order valence-electron chi connectivity index (χ0n) is 17.6. The lowest BCUT2D eigenvalue weighted by atomic mass is 10.0. The van der Waals surface area contributed by atoms with Crippen molar-refractivity contribution in [2.45, 2.75) is 26.4 Å². The summed E-state index contributed by atoms with van der Waals surface area (Å²) in [5, 5.41) is 3.84. The molecule has 0 saturated carbocycles. The second-order valence-electron chi connectivity index (χ2n) is 7.69. The lowest BCUT2D eigenvalue weighted by Gasteiger charge is -2.17. The van der Waals surface area contributed by atoms with Gasteiger partial charge >= 0.3 is 6.18 Å². The molecule has 1 aromatic carbocycles. The van der Waals surface area contributed by atoms with Gasteiger partial charge in [-0.3, -0.25) is 0 Å². The zero-order valence-corrected chi connectivity index (χ0v) is 17.6. The van der Waals surface area contributed by atoms with Crippen molar-refractivity contribution in [1.82, 2.24) is 9.88 Å². The van der Waals surface area contributed by atoms with Crippen LogP contribution in [0.15, 0.2) is 48.9 Å². The number of alkyl halides is 3. The summed E-state index contributed by atoms with van der Waals surface area (Å²) in [6.45, 7) is 7.77. The van der Waals surface area contributed by atoms with Crippen molar-refractivity contribution in [2.75, 3.05) is 26.0 Å². The molecule has 0 atom stereocenters. The first-order valence-electron chi connectivity index (χ1n) is 9.62. The topological polar surface area (TPSA) is 28.2 Å². The van der Waals surface area contributed by atoms with Gasteiger partial charge in [-0.2, -0.15) is 13.2 Å². The van der Waals surface area contributed by atoms with Crippen LogP contribution in [0.1, 0.15) is 31.7 Å². The Morgan fingerprint density at radius 3 is 2.50 bits per heavy atom. The minimum absolute atomic E-state index is 0.206. The SMILES string of the molecule is C=C(c1nc(/C=C/C(C)C)cc2c(N/C(=C\F)CCN(C)C)cccc12)C(F)(F)F. The average Bonchev–Trinajstić information content (AvgIpc) is 2.67. The lowest BCUT2D eigenvalue weighted by Crippen LogP contribution is -2.15. The maximum atomic E-state index is 13.4. The van der Waals surface area contributed by atoms with E-state index in [4.69, 9.17) is 0 Å². The number of nitrogens with one attached hydrogen (secondary N) is 1. The van der Waals surface area contributed by atoms with Gasteiger partial charge in [0.15, 0.2) is 0 Å². The molecule has 1 N–H and O–H groups in total. The molecule has 0 radical (unpaired) electrons. The first-order valence-corrected chi connectivity index (χ1v) is 9.62. The predicted molar refractivity (Wildman–Crippen MR) is 117 cm³/mol. The molecule has 2 rings (SSSR count). The maximum absolute atomic E-state index is 13.4. The summed E-state index contributed by atoms with van der Waals surface area (Å²) >= 11 is 0. The number of allylic oxidation sites excluding steroid dienone is 2. The fourth-order valence-electron chi connectivity index (χ4n) is 2.81. The van der Waals surface area contributed by atoms with E-state index < -0.39 is 11.7 Å². The molecule has 30 heavy (non-hydrogen) atoms. The van der Waals surface area contributed by atoms with E-state index in [0.29, 0.717) is 47.1 Å². The molecule has 0 aliphatic heterocycles. The summed E-state index contributed by atoms with van der Waals surface area (Å²) < 4.78 is 53.7. The average molecular weight is 421 g/mol. The summed E-state index contributed by atoms with van der Waals surface area (Å²) in [7, 11) is 3.75. The van der Waals surface area contributed by atoms with Gasteiger partial charge in [-0.05, 0) is 38.2 Å². The fourth-order valence-corrected chi connectivity index (χ4v) is 2.81. The number of hydrogen-bond donors (Lipinski definition) is 1. The molecule has 0 aliphatic rings. The third kappa shape index (κ3) is 6.16. The molecule has 0 fully saturated rings. The summed E-state index contributed by atoms with van der Waals surface area (Å²) in [5.41, 5.74) is -0.0224. The Bertz CT molecular complexity index is 957. The van der Waals surface area contributed by atoms with Gasteiger partial charge in [0.2, 0.25) is 0 Å². The van der Waals surface area contributed by atoms with Gasteiger partial charge in [-0.1, -0.05) is 38.6 Å². The van der Waals surface area contributed by atoms with Crippen molar-refractivity contribution in [3.05, 3.63) is 60.3 Å². The van der Waals surface area contributed by atoms with Crippen LogP contribution in [0, 0.1) is 5.92 Å². The van der Waals surface area contributed by atoms with E-state index in [1.54, 1.807) is 30.3 Å². The number of fused-ring (bicyclic) bond motifs is 1. The highest BCUT2D eigenvalue weighted by Gasteiger charge is 2.35. The molecule has 2 aromatic rings. The Morgan fingerprint density at radius 2 is 1.93 bits per heavy atom. The van der Waals surface area contributed by atoms with Crippen LogP contribution < -0.4 is 5.32 Å². The largest absolute Gasteiger partial charge is 0.417 e. The van der Waals surface area contributed by atoms with Gasteiger partial charge < -0.3 is 10.2 Å². The van der Waals surface area contributed by atoms with Crippen LogP contribution in [-0.2, 0) is 0 Å². The van der Waals surface area contributed by atoms with E-state index in [1.165, 1.54) is 0 Å². The highest BCUT2D eigenvalue weighted by molar-refractivity contribution is 6.01. The van der Waals surface area contributed by atoms with Crippen molar-refractivity contribution in [1.29, 1.82) is 0 Å². The molecule has 1 heterocycles. The molecule has 0 bridgehead atoms. The first-order chi connectivity index (χ1) is 14.0. The molecular weight excluding hydrogens is 394 g/mol. The molecule has 3 nitrogen and oxygen atoms in total. The summed E-state index contributed by atoms with van der Waals surface area (Å²) in [6, 6.07) is 6.59. The minimum atomic E-state index is -4.61. The van der Waals surface area contributed by atoms with Crippen molar-refractivity contribution < 1.29 is 17.6 Å². The van der Waals surface area contributed by atoms with Gasteiger partial charge in [-0.25, -0.2) is 9.37 Å². The van der Waals surface area contributed by atoms with Gasteiger partial charge in [0.25, 0.3) is 0 Å². The molecule has 162 valence electrons. The number of halogens is 4.